The molecule has 0 amide bonds. The largest absolute Gasteiger partial charge is 0.493 e. The van der Waals surface area contributed by atoms with Crippen molar-refractivity contribution < 1.29 is 9.47 Å². The number of aromatic nitrogens is 2. The molecule has 10 heteroatoms. The molecule has 1 fully saturated rings. The summed E-state index contributed by atoms with van der Waals surface area (Å²) in [5, 5.41) is 4.54. The average Bonchev–Trinajstić information content (AvgIpc) is 3.28. The number of guanidine groups is 1. The van der Waals surface area contributed by atoms with Crippen LogP contribution in [0.2, 0.25) is 0 Å². The normalized spacial score (nSPS) is 14.3. The summed E-state index contributed by atoms with van der Waals surface area (Å²) in [7, 11) is 5.17. The molecule has 1 aliphatic rings. The number of aryl methyl sites for hydroxylation is 2. The average molecular weight is 561 g/mol. The first-order chi connectivity index (χ1) is 14.7. The number of nitrogens with zero attached hydrogens (tertiary/aromatic N) is 5. The van der Waals surface area contributed by atoms with Crippen molar-refractivity contribution in [2.75, 3.05) is 58.9 Å². The van der Waals surface area contributed by atoms with Gasteiger partial charge in [0.15, 0.2) is 17.5 Å². The number of ether oxygens (including phenoxy) is 2. The minimum Gasteiger partial charge on any atom is -0.493 e. The van der Waals surface area contributed by atoms with E-state index in [1.165, 1.54) is 17.1 Å². The topological polar surface area (TPSA) is 75.1 Å². The van der Waals surface area contributed by atoms with E-state index in [-0.39, 0.29) is 24.0 Å². The Labute approximate surface area is 206 Å². The van der Waals surface area contributed by atoms with Gasteiger partial charge in [0.05, 0.1) is 14.2 Å². The van der Waals surface area contributed by atoms with Crippen LogP contribution in [0.4, 0.5) is 5.13 Å². The highest BCUT2D eigenvalue weighted by Crippen LogP contribution is 2.27. The fraction of sp³-hybridized carbons (Fsp3) is 0.571. The third-order valence-electron chi connectivity index (χ3n) is 5.21. The second-order valence-electron chi connectivity index (χ2n) is 7.09. The van der Waals surface area contributed by atoms with Crippen LogP contribution in [-0.4, -0.2) is 74.2 Å². The van der Waals surface area contributed by atoms with Crippen molar-refractivity contribution in [3.63, 3.8) is 0 Å². The Kier molecular flexibility index (Phi) is 10.6. The summed E-state index contributed by atoms with van der Waals surface area (Å²) in [6.07, 6.45) is 2.87. The molecule has 1 aromatic heterocycles. The van der Waals surface area contributed by atoms with Crippen LogP contribution in [0.5, 0.6) is 11.5 Å². The fourth-order valence-electron chi connectivity index (χ4n) is 3.49. The second-order valence-corrected chi connectivity index (χ2v) is 7.82. The third kappa shape index (κ3) is 6.83. The van der Waals surface area contributed by atoms with E-state index >= 15 is 0 Å². The third-order valence-corrected chi connectivity index (χ3v) is 6.02. The standard InChI is InChI=1S/C21H32N6O2S.HI/c1-5-19-24-21(30-25-19)27-13-11-26(12-14-27)20(22-2)23-10-6-7-16-8-9-17(28-3)18(15-16)29-4;/h8-9,15H,5-7,10-14H2,1-4H3,(H,22,23);1H. The molecule has 1 aliphatic heterocycles. The van der Waals surface area contributed by atoms with Crippen LogP contribution in [0.3, 0.4) is 0 Å². The number of nitrogens with one attached hydrogen (secondary N) is 1. The minimum atomic E-state index is 0. The number of aliphatic imine (C=N–C) groups is 1. The van der Waals surface area contributed by atoms with Crippen molar-refractivity contribution >= 4 is 46.6 Å². The Morgan fingerprint density at radius 2 is 1.90 bits per heavy atom. The molecule has 8 nitrogen and oxygen atoms in total. The van der Waals surface area contributed by atoms with Gasteiger partial charge in [0.2, 0.25) is 5.13 Å². The summed E-state index contributed by atoms with van der Waals surface area (Å²) in [6.45, 7) is 6.68. The van der Waals surface area contributed by atoms with Gasteiger partial charge < -0.3 is 24.6 Å². The van der Waals surface area contributed by atoms with Crippen molar-refractivity contribution in [1.29, 1.82) is 0 Å². The first-order valence-corrected chi connectivity index (χ1v) is 11.2. The summed E-state index contributed by atoms with van der Waals surface area (Å²) in [6, 6.07) is 6.10. The lowest BCUT2D eigenvalue weighted by atomic mass is 10.1. The number of anilines is 1. The highest BCUT2D eigenvalue weighted by molar-refractivity contribution is 14.0. The maximum Gasteiger partial charge on any atom is 0.205 e. The monoisotopic (exact) mass is 560 g/mol. The molecule has 0 unspecified atom stereocenters. The molecule has 0 spiro atoms. The van der Waals surface area contributed by atoms with Gasteiger partial charge in [-0.15, -0.1) is 24.0 Å². The van der Waals surface area contributed by atoms with Crippen molar-refractivity contribution in [3.8, 4) is 11.5 Å². The zero-order valence-electron chi connectivity index (χ0n) is 18.8. The fourth-order valence-corrected chi connectivity index (χ4v) is 4.29. The summed E-state index contributed by atoms with van der Waals surface area (Å²) in [4.78, 5) is 13.7. The van der Waals surface area contributed by atoms with Crippen molar-refractivity contribution in [2.45, 2.75) is 26.2 Å². The maximum absolute atomic E-state index is 5.39. The first kappa shape index (κ1) is 25.4. The Morgan fingerprint density at radius 3 is 2.52 bits per heavy atom. The van der Waals surface area contributed by atoms with Crippen molar-refractivity contribution in [3.05, 3.63) is 29.6 Å². The molecular weight excluding hydrogens is 527 g/mol. The molecule has 0 radical (unpaired) electrons. The molecule has 2 heterocycles. The summed E-state index contributed by atoms with van der Waals surface area (Å²) in [5.74, 6) is 3.44. The van der Waals surface area contributed by atoms with Gasteiger partial charge in [-0.1, -0.05) is 13.0 Å². The van der Waals surface area contributed by atoms with Gasteiger partial charge in [0.1, 0.15) is 5.82 Å². The molecule has 2 aromatic rings. The summed E-state index contributed by atoms with van der Waals surface area (Å²) < 4.78 is 15.1. The molecule has 1 saturated heterocycles. The van der Waals surface area contributed by atoms with Crippen LogP contribution in [0.25, 0.3) is 0 Å². The number of piperazine rings is 1. The number of halogens is 1. The summed E-state index contributed by atoms with van der Waals surface area (Å²) >= 11 is 1.50. The minimum absolute atomic E-state index is 0. The Bertz CT molecular complexity index is 839. The van der Waals surface area contributed by atoms with Gasteiger partial charge in [0.25, 0.3) is 0 Å². The zero-order chi connectivity index (χ0) is 21.3. The van der Waals surface area contributed by atoms with Crippen LogP contribution in [0, 0.1) is 0 Å². The van der Waals surface area contributed by atoms with E-state index in [9.17, 15) is 0 Å². The van der Waals surface area contributed by atoms with E-state index in [1.807, 2.05) is 19.2 Å². The molecule has 0 atom stereocenters. The van der Waals surface area contributed by atoms with E-state index in [1.54, 1.807) is 14.2 Å². The first-order valence-electron chi connectivity index (χ1n) is 10.4. The highest BCUT2D eigenvalue weighted by atomic mass is 127. The van der Waals surface area contributed by atoms with Crippen LogP contribution in [0.15, 0.2) is 23.2 Å². The Balaban J connectivity index is 0.00000341. The number of hydrogen-bond donors (Lipinski definition) is 1. The number of rotatable bonds is 8. The molecule has 0 bridgehead atoms. The lowest BCUT2D eigenvalue weighted by Crippen LogP contribution is -2.52. The SMILES string of the molecule is CCc1nsc(N2CCN(C(=NC)NCCCc3ccc(OC)c(OC)c3)CC2)n1.I. The van der Waals surface area contributed by atoms with Crippen molar-refractivity contribution in [2.24, 2.45) is 4.99 Å². The van der Waals surface area contributed by atoms with Gasteiger partial charge >= 0.3 is 0 Å². The van der Waals surface area contributed by atoms with Crippen LogP contribution >= 0.6 is 35.5 Å². The molecule has 0 saturated carbocycles. The molecule has 0 aliphatic carbocycles. The molecule has 172 valence electrons. The molecular formula is C21H33IN6O2S. The number of methoxy groups -OCH3 is 2. The van der Waals surface area contributed by atoms with Gasteiger partial charge in [-0.3, -0.25) is 4.99 Å². The quantitative estimate of drug-likeness (QED) is 0.230. The molecule has 3 rings (SSSR count). The summed E-state index contributed by atoms with van der Waals surface area (Å²) in [5.41, 5.74) is 1.24. The van der Waals surface area contributed by atoms with Gasteiger partial charge in [-0.25, -0.2) is 4.98 Å². The van der Waals surface area contributed by atoms with Crippen molar-refractivity contribution in [1.82, 2.24) is 19.6 Å². The van der Waals surface area contributed by atoms with E-state index in [2.05, 4.69) is 42.5 Å². The predicted molar refractivity (Wildman–Crippen MR) is 138 cm³/mol. The number of hydrogen-bond acceptors (Lipinski definition) is 7. The van der Waals surface area contributed by atoms with Gasteiger partial charge in [0, 0.05) is 57.7 Å². The smallest absolute Gasteiger partial charge is 0.205 e. The molecule has 1 N–H and O–H groups in total. The van der Waals surface area contributed by atoms with E-state index in [0.29, 0.717) is 0 Å². The Hall–Kier alpha value is -1.82. The molecule has 31 heavy (non-hydrogen) atoms. The molecule has 1 aromatic carbocycles. The Morgan fingerprint density at radius 1 is 1.16 bits per heavy atom. The zero-order valence-corrected chi connectivity index (χ0v) is 21.9. The second kappa shape index (κ2) is 12.9. The van der Waals surface area contributed by atoms with Gasteiger partial charge in [-0.05, 0) is 30.5 Å². The van der Waals surface area contributed by atoms with Crippen LogP contribution in [-0.2, 0) is 12.8 Å². The van der Waals surface area contributed by atoms with Crippen LogP contribution in [0.1, 0.15) is 24.7 Å². The lowest BCUT2D eigenvalue weighted by Gasteiger charge is -2.36. The van der Waals surface area contributed by atoms with Gasteiger partial charge in [-0.2, -0.15) is 4.37 Å². The lowest BCUT2D eigenvalue weighted by molar-refractivity contribution is 0.354. The van der Waals surface area contributed by atoms with E-state index in [0.717, 1.165) is 80.4 Å². The predicted octanol–water partition coefficient (Wildman–Crippen LogP) is 3.07. The number of benzene rings is 1. The van der Waals surface area contributed by atoms with E-state index in [4.69, 9.17) is 9.47 Å². The maximum atomic E-state index is 5.39. The van der Waals surface area contributed by atoms with E-state index < -0.39 is 0 Å². The highest BCUT2D eigenvalue weighted by Gasteiger charge is 2.21. The van der Waals surface area contributed by atoms with Crippen LogP contribution < -0.4 is 19.7 Å².